The van der Waals surface area contributed by atoms with Gasteiger partial charge in [-0.25, -0.2) is 0 Å². The zero-order valence-electron chi connectivity index (χ0n) is 11.0. The average Bonchev–Trinajstić information content (AvgIpc) is 2.37. The minimum atomic E-state index is -2.89. The summed E-state index contributed by atoms with van der Waals surface area (Å²) in [5.41, 5.74) is 0.442. The van der Waals surface area contributed by atoms with Gasteiger partial charge in [-0.1, -0.05) is 18.2 Å². The lowest BCUT2D eigenvalue weighted by Crippen LogP contribution is -2.37. The molecule has 0 aromatic heterocycles. The van der Waals surface area contributed by atoms with Crippen LogP contribution in [0.3, 0.4) is 0 Å². The molecule has 2 N–H and O–H groups in total. The molecule has 0 spiro atoms. The smallest absolute Gasteiger partial charge is 0.387 e. The quantitative estimate of drug-likeness (QED) is 0.792. The van der Waals surface area contributed by atoms with Crippen molar-refractivity contribution in [2.24, 2.45) is 0 Å². The lowest BCUT2D eigenvalue weighted by Gasteiger charge is -2.13. The number of ether oxygens (including phenoxy) is 1. The fraction of sp³-hybridized carbons (Fsp3) is 0.462. The van der Waals surface area contributed by atoms with E-state index in [1.165, 1.54) is 6.07 Å². The second kappa shape index (κ2) is 7.68. The zero-order chi connectivity index (χ0) is 14.3. The van der Waals surface area contributed by atoms with Crippen LogP contribution in [0.5, 0.6) is 5.75 Å². The number of rotatable bonds is 7. The molecule has 1 unspecified atom stereocenters. The number of para-hydroxylation sites is 1. The molecule has 0 radical (unpaired) electrons. The van der Waals surface area contributed by atoms with Crippen LogP contribution in [0, 0.1) is 0 Å². The van der Waals surface area contributed by atoms with E-state index in [9.17, 15) is 13.6 Å². The maximum absolute atomic E-state index is 12.2. The largest absolute Gasteiger partial charge is 0.435 e. The molecule has 4 nitrogen and oxygen atoms in total. The van der Waals surface area contributed by atoms with Gasteiger partial charge in [0.15, 0.2) is 0 Å². The third kappa shape index (κ3) is 5.65. The molecule has 0 fully saturated rings. The van der Waals surface area contributed by atoms with Gasteiger partial charge >= 0.3 is 6.61 Å². The van der Waals surface area contributed by atoms with Gasteiger partial charge in [0.05, 0.1) is 6.42 Å². The molecular formula is C13H18F2N2O2. The Morgan fingerprint density at radius 2 is 2.05 bits per heavy atom. The van der Waals surface area contributed by atoms with Gasteiger partial charge < -0.3 is 15.4 Å². The van der Waals surface area contributed by atoms with E-state index in [-0.39, 0.29) is 24.1 Å². The number of alkyl halides is 2. The fourth-order valence-electron chi connectivity index (χ4n) is 1.47. The Kier molecular flexibility index (Phi) is 6.21. The Balaban J connectivity index is 2.58. The van der Waals surface area contributed by atoms with Crippen molar-refractivity contribution in [2.45, 2.75) is 26.0 Å². The van der Waals surface area contributed by atoms with Gasteiger partial charge in [0, 0.05) is 18.2 Å². The molecule has 0 bridgehead atoms. The molecule has 1 aromatic carbocycles. The van der Waals surface area contributed by atoms with Gasteiger partial charge in [-0.2, -0.15) is 8.78 Å². The molecule has 1 aromatic rings. The van der Waals surface area contributed by atoms with E-state index >= 15 is 0 Å². The van der Waals surface area contributed by atoms with Crippen molar-refractivity contribution in [3.8, 4) is 5.75 Å². The second-order valence-corrected chi connectivity index (χ2v) is 4.16. The van der Waals surface area contributed by atoms with Crippen LogP contribution >= 0.6 is 0 Å². The summed E-state index contributed by atoms with van der Waals surface area (Å²) in [6.07, 6.45) is 0.0132. The van der Waals surface area contributed by atoms with Gasteiger partial charge in [0.25, 0.3) is 0 Å². The Morgan fingerprint density at radius 1 is 1.37 bits per heavy atom. The molecular weight excluding hydrogens is 254 g/mol. The predicted octanol–water partition coefficient (Wildman–Crippen LogP) is 1.55. The highest BCUT2D eigenvalue weighted by atomic mass is 19.3. The van der Waals surface area contributed by atoms with E-state index in [1.54, 1.807) is 25.2 Å². The standard InChI is InChI=1S/C13H18F2N2O2/c1-9(16-2)8-17-12(18)7-10-5-3-4-6-11(10)19-13(14)15/h3-6,9,13,16H,7-8H2,1-2H3,(H,17,18). The molecule has 0 aliphatic rings. The van der Waals surface area contributed by atoms with E-state index in [2.05, 4.69) is 15.4 Å². The summed E-state index contributed by atoms with van der Waals surface area (Å²) in [7, 11) is 1.79. The summed E-state index contributed by atoms with van der Waals surface area (Å²) in [6, 6.07) is 6.43. The van der Waals surface area contributed by atoms with Crippen molar-refractivity contribution in [1.82, 2.24) is 10.6 Å². The Hall–Kier alpha value is -1.69. The van der Waals surface area contributed by atoms with E-state index in [1.807, 2.05) is 6.92 Å². The number of hydrogen-bond acceptors (Lipinski definition) is 3. The Morgan fingerprint density at radius 3 is 2.68 bits per heavy atom. The first-order chi connectivity index (χ1) is 9.02. The minimum absolute atomic E-state index is 0.0132. The van der Waals surface area contributed by atoms with Crippen molar-refractivity contribution >= 4 is 5.91 Å². The highest BCUT2D eigenvalue weighted by Crippen LogP contribution is 2.20. The molecule has 0 saturated heterocycles. The van der Waals surface area contributed by atoms with Crippen LogP contribution in [-0.4, -0.2) is 32.2 Å². The molecule has 19 heavy (non-hydrogen) atoms. The van der Waals surface area contributed by atoms with Gasteiger partial charge in [-0.15, -0.1) is 0 Å². The van der Waals surface area contributed by atoms with Crippen molar-refractivity contribution in [3.63, 3.8) is 0 Å². The maximum atomic E-state index is 12.2. The number of carbonyl (C=O) groups excluding carboxylic acids is 1. The van der Waals surface area contributed by atoms with Crippen LogP contribution in [0.25, 0.3) is 0 Å². The van der Waals surface area contributed by atoms with Crippen molar-refractivity contribution in [2.75, 3.05) is 13.6 Å². The van der Waals surface area contributed by atoms with Crippen LogP contribution in [0.2, 0.25) is 0 Å². The molecule has 0 saturated carbocycles. The number of likely N-dealkylation sites (N-methyl/N-ethyl adjacent to an activating group) is 1. The van der Waals surface area contributed by atoms with E-state index in [0.717, 1.165) is 0 Å². The van der Waals surface area contributed by atoms with Crippen molar-refractivity contribution < 1.29 is 18.3 Å². The van der Waals surface area contributed by atoms with Crippen molar-refractivity contribution in [1.29, 1.82) is 0 Å². The van der Waals surface area contributed by atoms with Gasteiger partial charge in [-0.3, -0.25) is 4.79 Å². The van der Waals surface area contributed by atoms with E-state index in [4.69, 9.17) is 0 Å². The summed E-state index contributed by atoms with van der Waals surface area (Å²) in [5.74, 6) is -0.193. The zero-order valence-corrected chi connectivity index (χ0v) is 11.0. The van der Waals surface area contributed by atoms with Gasteiger partial charge in [-0.05, 0) is 20.0 Å². The highest BCUT2D eigenvalue weighted by molar-refractivity contribution is 5.79. The lowest BCUT2D eigenvalue weighted by atomic mass is 10.1. The topological polar surface area (TPSA) is 50.4 Å². The highest BCUT2D eigenvalue weighted by Gasteiger charge is 2.12. The summed E-state index contributed by atoms with van der Waals surface area (Å²) >= 11 is 0. The first-order valence-electron chi connectivity index (χ1n) is 5.99. The number of benzene rings is 1. The van der Waals surface area contributed by atoms with E-state index < -0.39 is 6.61 Å². The molecule has 106 valence electrons. The number of carbonyl (C=O) groups is 1. The second-order valence-electron chi connectivity index (χ2n) is 4.16. The summed E-state index contributed by atoms with van der Waals surface area (Å²) in [4.78, 5) is 11.7. The SMILES string of the molecule is CNC(C)CNC(=O)Cc1ccccc1OC(F)F. The number of hydrogen-bond donors (Lipinski definition) is 2. The number of amides is 1. The van der Waals surface area contributed by atoms with Crippen LogP contribution in [0.4, 0.5) is 8.78 Å². The van der Waals surface area contributed by atoms with Crippen LogP contribution in [0.15, 0.2) is 24.3 Å². The molecule has 0 aliphatic heterocycles. The Labute approximate surface area is 111 Å². The molecule has 1 rings (SSSR count). The monoisotopic (exact) mass is 272 g/mol. The molecule has 6 heteroatoms. The third-order valence-corrected chi connectivity index (χ3v) is 2.64. The molecule has 1 amide bonds. The molecule has 0 heterocycles. The third-order valence-electron chi connectivity index (χ3n) is 2.64. The predicted molar refractivity (Wildman–Crippen MR) is 68.3 cm³/mol. The van der Waals surface area contributed by atoms with Crippen molar-refractivity contribution in [3.05, 3.63) is 29.8 Å². The van der Waals surface area contributed by atoms with Crippen LogP contribution in [-0.2, 0) is 11.2 Å². The summed E-state index contributed by atoms with van der Waals surface area (Å²) < 4.78 is 28.8. The van der Waals surface area contributed by atoms with E-state index in [0.29, 0.717) is 12.1 Å². The minimum Gasteiger partial charge on any atom is -0.435 e. The summed E-state index contributed by atoms with van der Waals surface area (Å²) in [5, 5.41) is 5.70. The molecule has 1 atom stereocenters. The van der Waals surface area contributed by atoms with Crippen LogP contribution < -0.4 is 15.4 Å². The molecule has 0 aliphatic carbocycles. The average molecular weight is 272 g/mol. The first-order valence-corrected chi connectivity index (χ1v) is 5.99. The maximum Gasteiger partial charge on any atom is 0.387 e. The fourth-order valence-corrected chi connectivity index (χ4v) is 1.47. The first kappa shape index (κ1) is 15.4. The summed E-state index contributed by atoms with van der Waals surface area (Å²) in [6.45, 7) is -0.491. The normalized spacial score (nSPS) is 12.3. The number of halogens is 2. The van der Waals surface area contributed by atoms with Crippen LogP contribution in [0.1, 0.15) is 12.5 Å². The number of nitrogens with one attached hydrogen (secondary N) is 2. The Bertz CT molecular complexity index is 413. The lowest BCUT2D eigenvalue weighted by molar-refractivity contribution is -0.120. The van der Waals surface area contributed by atoms with Gasteiger partial charge in [0.2, 0.25) is 5.91 Å². The van der Waals surface area contributed by atoms with Gasteiger partial charge in [0.1, 0.15) is 5.75 Å².